The van der Waals surface area contributed by atoms with E-state index >= 15 is 0 Å². The van der Waals surface area contributed by atoms with Crippen LogP contribution in [0.2, 0.25) is 0 Å². The number of pyridine rings is 1. The van der Waals surface area contributed by atoms with Gasteiger partial charge >= 0.3 is 5.97 Å². The number of carbonyl (C=O) groups is 8. The van der Waals surface area contributed by atoms with Crippen LogP contribution in [0.3, 0.4) is 0 Å². The van der Waals surface area contributed by atoms with Crippen LogP contribution in [0.1, 0.15) is 51.5 Å². The predicted molar refractivity (Wildman–Crippen MR) is 232 cm³/mol. The van der Waals surface area contributed by atoms with Gasteiger partial charge in [0.05, 0.1) is 25.7 Å². The Balaban J connectivity index is 1.31. The molecular formula is C41H53N10O9S2+. The molecular weight excluding hydrogens is 841 g/mol. The Hall–Kier alpha value is -6.09. The van der Waals surface area contributed by atoms with Gasteiger partial charge in [0.25, 0.3) is 5.65 Å². The molecule has 5 atom stereocenters. The number of carboxylic acid groups (broad SMARTS) is 1. The van der Waals surface area contributed by atoms with Crippen molar-refractivity contribution in [1.29, 1.82) is 0 Å². The number of hydrogen-bond acceptors (Lipinski definition) is 10. The van der Waals surface area contributed by atoms with Gasteiger partial charge in [-0.25, -0.2) is 8.97 Å². The number of carboxylic acids is 1. The molecule has 62 heavy (non-hydrogen) atoms. The van der Waals surface area contributed by atoms with E-state index in [0.717, 1.165) is 22.1 Å². The number of aromatic nitrogens is 3. The zero-order chi connectivity index (χ0) is 44.8. The van der Waals surface area contributed by atoms with E-state index in [2.05, 4.69) is 36.1 Å². The summed E-state index contributed by atoms with van der Waals surface area (Å²) in [6.07, 6.45) is 8.47. The molecule has 4 heterocycles. The normalized spacial score (nSPS) is 22.0. The number of aromatic amines is 1. The van der Waals surface area contributed by atoms with Crippen LogP contribution in [-0.4, -0.2) is 122 Å². The van der Waals surface area contributed by atoms with Crippen molar-refractivity contribution in [1.82, 2.24) is 40.9 Å². The van der Waals surface area contributed by atoms with E-state index in [1.165, 1.54) is 40.3 Å². The zero-order valence-corrected chi connectivity index (χ0v) is 36.1. The second kappa shape index (κ2) is 22.7. The number of carbonyl (C=O) groups excluding carboxylic acids is 7. The van der Waals surface area contributed by atoms with Crippen LogP contribution in [0.15, 0.2) is 67.3 Å². The van der Waals surface area contributed by atoms with Gasteiger partial charge < -0.3 is 47.3 Å². The number of imidazole rings is 1. The highest BCUT2D eigenvalue weighted by molar-refractivity contribution is 8.76. The molecule has 7 amide bonds. The first-order valence-electron chi connectivity index (χ1n) is 20.2. The highest BCUT2D eigenvalue weighted by atomic mass is 33.1. The van der Waals surface area contributed by atoms with Gasteiger partial charge in [0, 0.05) is 47.6 Å². The summed E-state index contributed by atoms with van der Waals surface area (Å²) in [5, 5.41) is 23.2. The van der Waals surface area contributed by atoms with Crippen molar-refractivity contribution >= 4 is 85.5 Å². The highest BCUT2D eigenvalue weighted by Gasteiger charge is 2.34. The van der Waals surface area contributed by atoms with Gasteiger partial charge in [0.15, 0.2) is 0 Å². The van der Waals surface area contributed by atoms with Crippen molar-refractivity contribution in [3.05, 3.63) is 72.8 Å². The number of aryl methyl sites for hydroxylation is 1. The number of aliphatic carboxylic acids is 1. The SMILES string of the molecule is C[C@@H]1NC(=O)[C@H](CC(=O)O)NC(=O)CNC(=O)[C@H](CCCC[n+]2ccn3ccccc32)NC(=O)CCSSCC(C(N)=O)NC(=O)[C@H](C)N(CCc2c[nH]c3ccccc23)C1=O. The van der Waals surface area contributed by atoms with Crippen molar-refractivity contribution in [2.24, 2.45) is 5.73 Å². The zero-order valence-electron chi connectivity index (χ0n) is 34.5. The van der Waals surface area contributed by atoms with E-state index < -0.39 is 90.5 Å². The van der Waals surface area contributed by atoms with E-state index in [9.17, 15) is 43.5 Å². The van der Waals surface area contributed by atoms with E-state index in [4.69, 9.17) is 5.73 Å². The van der Waals surface area contributed by atoms with Gasteiger partial charge in [-0.15, -0.1) is 0 Å². The van der Waals surface area contributed by atoms with Gasteiger partial charge in [0.1, 0.15) is 42.6 Å². The van der Waals surface area contributed by atoms with Crippen LogP contribution in [0.4, 0.5) is 0 Å². The minimum Gasteiger partial charge on any atom is -0.481 e. The smallest absolute Gasteiger partial charge is 0.305 e. The maximum Gasteiger partial charge on any atom is 0.305 e. The second-order valence-electron chi connectivity index (χ2n) is 14.9. The molecule has 0 radical (unpaired) electrons. The molecule has 19 nitrogen and oxygen atoms in total. The standard InChI is InChI=1S/C41H52N10O9S2/c1-25-41(60)51(17-13-27-22-43-29-10-4-3-9-28(27)29)26(2)38(57)48-32(37(42)56)24-62-61-20-14-33(52)46-30(11-5-7-15-49-18-19-50-16-8-6-12-35(49)50)39(58)44-23-34(53)47-31(21-36(54)55)40(59)45-25/h3-4,6,8-10,12,16,18-19,22,25-26,30-32,43H,5,7,11,13-15,17,20-21,23-24H2,1-2H3,(H7-,42,44,45,46,47,48,52,53,54,55,56,57,58,59)/p+1/t25-,26-,30-,31-,32?/m0/s1. The van der Waals surface area contributed by atoms with Crippen LogP contribution < -0.4 is 36.9 Å². The first-order chi connectivity index (χ1) is 29.7. The summed E-state index contributed by atoms with van der Waals surface area (Å²) >= 11 is 0. The quantitative estimate of drug-likeness (QED) is 0.0571. The number of fused-ring (bicyclic) bond motifs is 2. The van der Waals surface area contributed by atoms with Crippen molar-refractivity contribution in [3.8, 4) is 0 Å². The average molecular weight is 894 g/mol. The predicted octanol–water partition coefficient (Wildman–Crippen LogP) is 0.159. The minimum atomic E-state index is -1.65. The fourth-order valence-electron chi connectivity index (χ4n) is 6.96. The Morgan fingerprint density at radius 1 is 0.871 bits per heavy atom. The van der Waals surface area contributed by atoms with E-state index in [-0.39, 0.29) is 30.9 Å². The van der Waals surface area contributed by atoms with Crippen LogP contribution in [0.5, 0.6) is 0 Å². The number of nitrogens with one attached hydrogen (secondary N) is 6. The fraction of sp³-hybridized carbons (Fsp3) is 0.439. The summed E-state index contributed by atoms with van der Waals surface area (Å²) in [4.78, 5) is 110. The number of nitrogens with zero attached hydrogens (tertiary/aromatic N) is 3. The van der Waals surface area contributed by atoms with Crippen LogP contribution in [0, 0.1) is 0 Å². The summed E-state index contributed by atoms with van der Waals surface area (Å²) in [6, 6.07) is 7.07. The molecule has 9 N–H and O–H groups in total. The molecule has 1 aliphatic rings. The molecule has 3 aromatic heterocycles. The Kier molecular flexibility index (Phi) is 17.2. The molecule has 4 aromatic rings. The Morgan fingerprint density at radius 2 is 1.63 bits per heavy atom. The molecule has 0 saturated carbocycles. The summed E-state index contributed by atoms with van der Waals surface area (Å²) in [7, 11) is 2.47. The molecule has 332 valence electrons. The molecule has 0 aliphatic carbocycles. The Bertz CT molecular complexity index is 2270. The van der Waals surface area contributed by atoms with Crippen LogP contribution >= 0.6 is 21.6 Å². The molecule has 1 aliphatic heterocycles. The van der Waals surface area contributed by atoms with Crippen LogP contribution in [0.25, 0.3) is 16.6 Å². The van der Waals surface area contributed by atoms with Crippen LogP contribution in [-0.2, 0) is 51.3 Å². The third-order valence-electron chi connectivity index (χ3n) is 10.4. The van der Waals surface area contributed by atoms with Gasteiger partial charge in [-0.05, 0) is 57.2 Å². The lowest BCUT2D eigenvalue weighted by atomic mass is 10.1. The Morgan fingerprint density at radius 3 is 2.40 bits per heavy atom. The van der Waals surface area contributed by atoms with Gasteiger partial charge in [-0.3, -0.25) is 38.4 Å². The van der Waals surface area contributed by atoms with Crippen molar-refractivity contribution in [2.45, 2.75) is 89.1 Å². The monoisotopic (exact) mass is 893 g/mol. The second-order valence-corrected chi connectivity index (χ2v) is 17.5. The number of amides is 7. The summed E-state index contributed by atoms with van der Waals surface area (Å²) < 4.78 is 4.04. The number of hydrogen-bond donors (Lipinski definition) is 8. The maximum atomic E-state index is 14.1. The maximum absolute atomic E-state index is 14.1. The minimum absolute atomic E-state index is 0.00282. The molecule has 1 unspecified atom stereocenters. The first-order valence-corrected chi connectivity index (χ1v) is 22.7. The molecule has 1 fully saturated rings. The topological polar surface area (TPSA) is 270 Å². The molecule has 1 aromatic carbocycles. The molecule has 21 heteroatoms. The fourth-order valence-corrected chi connectivity index (χ4v) is 9.12. The van der Waals surface area contributed by atoms with E-state index in [1.807, 2.05) is 65.5 Å². The molecule has 1 saturated heterocycles. The van der Waals surface area contributed by atoms with Gasteiger partial charge in [0.2, 0.25) is 41.4 Å². The number of rotatable bonds is 11. The van der Waals surface area contributed by atoms with E-state index in [1.54, 1.807) is 6.20 Å². The summed E-state index contributed by atoms with van der Waals surface area (Å²) in [5.74, 6) is -6.29. The third kappa shape index (κ3) is 13.2. The lowest BCUT2D eigenvalue weighted by Crippen LogP contribution is -2.59. The lowest BCUT2D eigenvalue weighted by molar-refractivity contribution is -0.671. The largest absolute Gasteiger partial charge is 0.481 e. The van der Waals surface area contributed by atoms with Crippen molar-refractivity contribution in [2.75, 3.05) is 24.6 Å². The third-order valence-corrected chi connectivity index (χ3v) is 12.8. The highest BCUT2D eigenvalue weighted by Crippen LogP contribution is 2.23. The number of H-pyrrole nitrogens is 1. The number of unbranched alkanes of at least 4 members (excludes halogenated alkanes) is 1. The number of para-hydroxylation sites is 1. The number of primary amides is 1. The first kappa shape index (κ1) is 47.0. The molecule has 5 rings (SSSR count). The molecule has 0 spiro atoms. The molecule has 0 bridgehead atoms. The summed E-state index contributed by atoms with van der Waals surface area (Å²) in [6.45, 7) is 2.83. The van der Waals surface area contributed by atoms with Crippen molar-refractivity contribution < 1.29 is 48.0 Å². The van der Waals surface area contributed by atoms with Gasteiger partial charge in [-0.1, -0.05) is 45.9 Å². The van der Waals surface area contributed by atoms with E-state index in [0.29, 0.717) is 25.8 Å². The lowest BCUT2D eigenvalue weighted by Gasteiger charge is -2.32. The average Bonchev–Trinajstić information content (AvgIpc) is 3.86. The van der Waals surface area contributed by atoms with Gasteiger partial charge in [-0.2, -0.15) is 0 Å². The Labute approximate surface area is 365 Å². The summed E-state index contributed by atoms with van der Waals surface area (Å²) in [5.41, 5.74) is 8.37. The van der Waals surface area contributed by atoms with Crippen molar-refractivity contribution in [3.63, 3.8) is 0 Å². The number of nitrogens with two attached hydrogens (primary N) is 1. The number of benzene rings is 1.